The molecular weight excluding hydrogens is 238 g/mol. The van der Waals surface area contributed by atoms with Gasteiger partial charge in [0.05, 0.1) is 24.4 Å². The Morgan fingerprint density at radius 1 is 1.35 bits per heavy atom. The Balaban J connectivity index is 1.85. The summed E-state index contributed by atoms with van der Waals surface area (Å²) in [6.07, 6.45) is 2.89. The zero-order valence-corrected chi connectivity index (χ0v) is 11.9. The lowest BCUT2D eigenvalue weighted by Crippen LogP contribution is -2.51. The van der Waals surface area contributed by atoms with Crippen molar-refractivity contribution in [2.24, 2.45) is 0 Å². The molecule has 0 radical (unpaired) electrons. The highest BCUT2D eigenvalue weighted by Gasteiger charge is 2.35. The highest BCUT2D eigenvalue weighted by Crippen LogP contribution is 2.30. The number of halogens is 1. The summed E-state index contributed by atoms with van der Waals surface area (Å²) in [6, 6.07) is 0.474. The average Bonchev–Trinajstić information content (AvgIpc) is 2.61. The second-order valence-electron chi connectivity index (χ2n) is 5.95. The third-order valence-electron chi connectivity index (χ3n) is 3.80. The van der Waals surface area contributed by atoms with Gasteiger partial charge in [-0.05, 0) is 33.6 Å². The van der Waals surface area contributed by atoms with Gasteiger partial charge in [-0.1, -0.05) is 0 Å². The van der Waals surface area contributed by atoms with Gasteiger partial charge >= 0.3 is 0 Å². The van der Waals surface area contributed by atoms with Gasteiger partial charge in [0.1, 0.15) is 0 Å². The standard InChI is InChI=1S/C13H24ClNO2/c1-10-9-16-12(6-14)8-15(10)7-11-4-5-13(2,3)17-11/h10-12H,4-9H2,1-3H3. The van der Waals surface area contributed by atoms with Crippen molar-refractivity contribution in [3.05, 3.63) is 0 Å². The van der Waals surface area contributed by atoms with Gasteiger partial charge < -0.3 is 9.47 Å². The van der Waals surface area contributed by atoms with Gasteiger partial charge in [-0.2, -0.15) is 0 Å². The van der Waals surface area contributed by atoms with Crippen LogP contribution < -0.4 is 0 Å². The van der Waals surface area contributed by atoms with Crippen molar-refractivity contribution in [3.63, 3.8) is 0 Å². The molecule has 2 rings (SSSR count). The van der Waals surface area contributed by atoms with Crippen LogP contribution in [0, 0.1) is 0 Å². The Kier molecular flexibility index (Phi) is 4.35. The Morgan fingerprint density at radius 3 is 2.71 bits per heavy atom. The number of nitrogens with zero attached hydrogens (tertiary/aromatic N) is 1. The molecule has 0 aliphatic carbocycles. The molecule has 2 fully saturated rings. The lowest BCUT2D eigenvalue weighted by Gasteiger charge is -2.38. The third-order valence-corrected chi connectivity index (χ3v) is 4.14. The summed E-state index contributed by atoms with van der Waals surface area (Å²) in [5.41, 5.74) is 0.0616. The lowest BCUT2D eigenvalue weighted by atomic mass is 10.1. The molecule has 0 aromatic rings. The van der Waals surface area contributed by atoms with Crippen molar-refractivity contribution < 1.29 is 9.47 Å². The minimum atomic E-state index is 0.0616. The predicted octanol–water partition coefficient (Wildman–Crippen LogP) is 2.27. The number of alkyl halides is 1. The zero-order valence-electron chi connectivity index (χ0n) is 11.1. The smallest absolute Gasteiger partial charge is 0.0837 e. The van der Waals surface area contributed by atoms with E-state index in [-0.39, 0.29) is 11.7 Å². The topological polar surface area (TPSA) is 21.7 Å². The Morgan fingerprint density at radius 2 is 2.12 bits per heavy atom. The molecule has 0 amide bonds. The molecule has 0 spiro atoms. The molecule has 2 saturated heterocycles. The van der Waals surface area contributed by atoms with E-state index in [1.165, 1.54) is 6.42 Å². The Hall–Kier alpha value is 0.170. The van der Waals surface area contributed by atoms with Crippen LogP contribution in [-0.4, -0.2) is 54.3 Å². The first-order valence-electron chi connectivity index (χ1n) is 6.59. The van der Waals surface area contributed by atoms with E-state index in [2.05, 4.69) is 25.7 Å². The summed E-state index contributed by atoms with van der Waals surface area (Å²) >= 11 is 5.87. The molecule has 0 aromatic heterocycles. The van der Waals surface area contributed by atoms with E-state index in [0.717, 1.165) is 26.1 Å². The average molecular weight is 262 g/mol. The second kappa shape index (κ2) is 5.43. The molecule has 2 aliphatic heterocycles. The van der Waals surface area contributed by atoms with Crippen LogP contribution >= 0.6 is 11.6 Å². The fourth-order valence-corrected chi connectivity index (χ4v) is 2.88. The monoisotopic (exact) mass is 261 g/mol. The number of rotatable bonds is 3. The molecule has 100 valence electrons. The van der Waals surface area contributed by atoms with Crippen molar-refractivity contribution in [1.82, 2.24) is 4.90 Å². The second-order valence-corrected chi connectivity index (χ2v) is 6.26. The zero-order chi connectivity index (χ0) is 12.5. The normalized spacial score (nSPS) is 38.5. The summed E-state index contributed by atoms with van der Waals surface area (Å²) in [4.78, 5) is 2.46. The molecule has 3 unspecified atom stereocenters. The number of hydrogen-bond acceptors (Lipinski definition) is 3. The first-order valence-corrected chi connectivity index (χ1v) is 7.13. The molecule has 0 N–H and O–H groups in total. The molecule has 0 aromatic carbocycles. The number of ether oxygens (including phenoxy) is 2. The number of hydrogen-bond donors (Lipinski definition) is 0. The largest absolute Gasteiger partial charge is 0.374 e. The third kappa shape index (κ3) is 3.57. The molecule has 0 bridgehead atoms. The summed E-state index contributed by atoms with van der Waals surface area (Å²) in [6.45, 7) is 9.30. The molecule has 4 heteroatoms. The Labute approximate surface area is 109 Å². The van der Waals surface area contributed by atoms with Crippen LogP contribution in [0.1, 0.15) is 33.6 Å². The summed E-state index contributed by atoms with van der Waals surface area (Å²) in [7, 11) is 0. The van der Waals surface area contributed by atoms with Gasteiger partial charge in [-0.15, -0.1) is 11.6 Å². The fraction of sp³-hybridized carbons (Fsp3) is 1.00. The molecule has 17 heavy (non-hydrogen) atoms. The molecule has 3 atom stereocenters. The van der Waals surface area contributed by atoms with E-state index in [0.29, 0.717) is 18.0 Å². The SMILES string of the molecule is CC1COC(CCl)CN1CC1CCC(C)(C)O1. The van der Waals surface area contributed by atoms with Crippen molar-refractivity contribution in [2.45, 2.75) is 57.5 Å². The fourth-order valence-electron chi connectivity index (χ4n) is 2.69. The van der Waals surface area contributed by atoms with Crippen LogP contribution in [0.25, 0.3) is 0 Å². The number of morpholine rings is 1. The quantitative estimate of drug-likeness (QED) is 0.728. The summed E-state index contributed by atoms with van der Waals surface area (Å²) in [5, 5.41) is 0. The first-order chi connectivity index (χ1) is 8.00. The Bertz CT molecular complexity index is 260. The van der Waals surface area contributed by atoms with Gasteiger partial charge in [0.15, 0.2) is 0 Å². The van der Waals surface area contributed by atoms with Gasteiger partial charge in [0.2, 0.25) is 0 Å². The van der Waals surface area contributed by atoms with E-state index in [9.17, 15) is 0 Å². The van der Waals surface area contributed by atoms with E-state index in [4.69, 9.17) is 21.1 Å². The van der Waals surface area contributed by atoms with Gasteiger partial charge in [-0.3, -0.25) is 4.90 Å². The molecule has 3 nitrogen and oxygen atoms in total. The van der Waals surface area contributed by atoms with Crippen molar-refractivity contribution in [3.8, 4) is 0 Å². The van der Waals surface area contributed by atoms with Gasteiger partial charge in [0, 0.05) is 25.0 Å². The van der Waals surface area contributed by atoms with E-state index in [1.54, 1.807) is 0 Å². The van der Waals surface area contributed by atoms with Crippen LogP contribution in [0.15, 0.2) is 0 Å². The van der Waals surface area contributed by atoms with Crippen molar-refractivity contribution in [2.75, 3.05) is 25.6 Å². The molecule has 0 saturated carbocycles. The van der Waals surface area contributed by atoms with Crippen LogP contribution in [-0.2, 0) is 9.47 Å². The van der Waals surface area contributed by atoms with Crippen LogP contribution in [0.3, 0.4) is 0 Å². The predicted molar refractivity (Wildman–Crippen MR) is 69.7 cm³/mol. The van der Waals surface area contributed by atoms with E-state index in [1.807, 2.05) is 0 Å². The maximum absolute atomic E-state index is 6.05. The van der Waals surface area contributed by atoms with E-state index < -0.39 is 0 Å². The highest BCUT2D eigenvalue weighted by atomic mass is 35.5. The molecule has 2 aliphatic rings. The van der Waals surface area contributed by atoms with Gasteiger partial charge in [0.25, 0.3) is 0 Å². The minimum Gasteiger partial charge on any atom is -0.374 e. The molecular formula is C13H24ClNO2. The van der Waals surface area contributed by atoms with Crippen LogP contribution in [0.5, 0.6) is 0 Å². The van der Waals surface area contributed by atoms with E-state index >= 15 is 0 Å². The maximum atomic E-state index is 6.05. The summed E-state index contributed by atoms with van der Waals surface area (Å²) in [5.74, 6) is 0.584. The maximum Gasteiger partial charge on any atom is 0.0837 e. The molecule has 2 heterocycles. The van der Waals surface area contributed by atoms with Crippen LogP contribution in [0.4, 0.5) is 0 Å². The summed E-state index contributed by atoms with van der Waals surface area (Å²) < 4.78 is 11.7. The first kappa shape index (κ1) is 13.6. The minimum absolute atomic E-state index is 0.0616. The van der Waals surface area contributed by atoms with Crippen molar-refractivity contribution >= 4 is 11.6 Å². The van der Waals surface area contributed by atoms with Crippen LogP contribution in [0.2, 0.25) is 0 Å². The lowest BCUT2D eigenvalue weighted by molar-refractivity contribution is -0.0792. The van der Waals surface area contributed by atoms with Gasteiger partial charge in [-0.25, -0.2) is 0 Å². The van der Waals surface area contributed by atoms with Crippen molar-refractivity contribution in [1.29, 1.82) is 0 Å². The highest BCUT2D eigenvalue weighted by molar-refractivity contribution is 6.18.